The van der Waals surface area contributed by atoms with Gasteiger partial charge in [-0.1, -0.05) is 18.3 Å². The first-order chi connectivity index (χ1) is 8.12. The van der Waals surface area contributed by atoms with Crippen molar-refractivity contribution in [3.63, 3.8) is 0 Å². The largest absolute Gasteiger partial charge is 0.315 e. The van der Waals surface area contributed by atoms with E-state index >= 15 is 0 Å². The van der Waals surface area contributed by atoms with Crippen LogP contribution in [0.25, 0.3) is 0 Å². The molecule has 1 aromatic rings. The average molecular weight is 276 g/mol. The van der Waals surface area contributed by atoms with Crippen LogP contribution < -0.4 is 10.0 Å². The lowest BCUT2D eigenvalue weighted by atomic mass is 10.2. The highest BCUT2D eigenvalue weighted by Crippen LogP contribution is 2.20. The zero-order chi connectivity index (χ0) is 12.3. The predicted octanol–water partition coefficient (Wildman–Crippen LogP) is 0.594. The van der Waals surface area contributed by atoms with Crippen LogP contribution in [0.3, 0.4) is 0 Å². The third kappa shape index (κ3) is 3.14. The van der Waals surface area contributed by atoms with Gasteiger partial charge >= 0.3 is 0 Å². The van der Waals surface area contributed by atoms with E-state index in [-0.39, 0.29) is 5.25 Å². The van der Waals surface area contributed by atoms with Gasteiger partial charge in [-0.3, -0.25) is 4.72 Å². The average Bonchev–Trinajstić information content (AvgIpc) is 2.77. The summed E-state index contributed by atoms with van der Waals surface area (Å²) in [5, 5.41) is 11.6. The number of nitrogens with one attached hydrogen (secondary N) is 2. The molecule has 1 aliphatic rings. The minimum absolute atomic E-state index is 0.368. The smallest absolute Gasteiger partial charge is 0.238 e. The van der Waals surface area contributed by atoms with E-state index in [1.807, 2.05) is 6.92 Å². The molecular formula is C9H16N4O2S2. The van der Waals surface area contributed by atoms with Crippen LogP contribution in [0.15, 0.2) is 0 Å². The third-order valence-electron chi connectivity index (χ3n) is 2.69. The van der Waals surface area contributed by atoms with Crippen LogP contribution in [0.4, 0.5) is 5.13 Å². The first kappa shape index (κ1) is 12.7. The number of hydrogen-bond donors (Lipinski definition) is 2. The Morgan fingerprint density at radius 2 is 2.35 bits per heavy atom. The Bertz CT molecular complexity index is 465. The highest BCUT2D eigenvalue weighted by molar-refractivity contribution is 7.93. The molecule has 1 atom stereocenters. The van der Waals surface area contributed by atoms with Crippen molar-refractivity contribution in [2.75, 3.05) is 17.8 Å². The minimum Gasteiger partial charge on any atom is -0.315 e. The Morgan fingerprint density at radius 3 is 2.94 bits per heavy atom. The molecule has 2 heterocycles. The van der Waals surface area contributed by atoms with Gasteiger partial charge < -0.3 is 5.32 Å². The van der Waals surface area contributed by atoms with Gasteiger partial charge in [-0.2, -0.15) is 0 Å². The van der Waals surface area contributed by atoms with E-state index in [1.165, 1.54) is 11.3 Å². The number of hydrogen-bond acceptors (Lipinski definition) is 6. The summed E-state index contributed by atoms with van der Waals surface area (Å²) in [6.45, 7) is 3.36. The van der Waals surface area contributed by atoms with Crippen LogP contribution in [0.2, 0.25) is 0 Å². The zero-order valence-corrected chi connectivity index (χ0v) is 11.3. The molecule has 6 nitrogen and oxygen atoms in total. The molecule has 0 radical (unpaired) electrons. The van der Waals surface area contributed by atoms with Crippen molar-refractivity contribution in [1.29, 1.82) is 0 Å². The maximum Gasteiger partial charge on any atom is 0.238 e. The number of sulfonamides is 1. The highest BCUT2D eigenvalue weighted by Gasteiger charge is 2.27. The van der Waals surface area contributed by atoms with Crippen LogP contribution in [0.1, 0.15) is 24.8 Å². The first-order valence-corrected chi connectivity index (χ1v) is 8.03. The Kier molecular flexibility index (Phi) is 3.95. The number of nitrogens with zero attached hydrogens (tertiary/aromatic N) is 2. The van der Waals surface area contributed by atoms with E-state index in [1.54, 1.807) is 0 Å². The first-order valence-electron chi connectivity index (χ1n) is 5.66. The predicted molar refractivity (Wildman–Crippen MR) is 67.7 cm³/mol. The summed E-state index contributed by atoms with van der Waals surface area (Å²) in [6.07, 6.45) is 2.36. The minimum atomic E-state index is -3.34. The van der Waals surface area contributed by atoms with Crippen LogP contribution in [0, 0.1) is 0 Å². The van der Waals surface area contributed by atoms with Crippen LogP contribution in [0.5, 0.6) is 0 Å². The summed E-state index contributed by atoms with van der Waals surface area (Å²) in [7, 11) is -3.34. The number of aryl methyl sites for hydroxylation is 1. The van der Waals surface area contributed by atoms with Gasteiger partial charge in [0.2, 0.25) is 15.2 Å². The summed E-state index contributed by atoms with van der Waals surface area (Å²) in [6, 6.07) is 0. The molecule has 96 valence electrons. The third-order valence-corrected chi connectivity index (χ3v) is 5.56. The highest BCUT2D eigenvalue weighted by atomic mass is 32.2. The number of piperidine rings is 1. The molecule has 1 aliphatic heterocycles. The topological polar surface area (TPSA) is 84.0 Å². The maximum absolute atomic E-state index is 12.0. The molecule has 1 fully saturated rings. The number of anilines is 1. The lowest BCUT2D eigenvalue weighted by molar-refractivity contribution is 0.499. The fourth-order valence-electron chi connectivity index (χ4n) is 1.73. The van der Waals surface area contributed by atoms with Gasteiger partial charge in [-0.05, 0) is 25.8 Å². The van der Waals surface area contributed by atoms with E-state index in [4.69, 9.17) is 0 Å². The second-order valence-corrected chi connectivity index (χ2v) is 6.99. The summed E-state index contributed by atoms with van der Waals surface area (Å²) >= 11 is 1.29. The zero-order valence-electron chi connectivity index (χ0n) is 9.64. The molecule has 1 saturated heterocycles. The van der Waals surface area contributed by atoms with E-state index in [9.17, 15) is 8.42 Å². The second kappa shape index (κ2) is 5.28. The van der Waals surface area contributed by atoms with Gasteiger partial charge in [0, 0.05) is 6.54 Å². The van der Waals surface area contributed by atoms with Gasteiger partial charge in [0.25, 0.3) is 0 Å². The van der Waals surface area contributed by atoms with Gasteiger partial charge in [0.05, 0.1) is 5.25 Å². The van der Waals surface area contributed by atoms with Gasteiger partial charge in [-0.15, -0.1) is 10.2 Å². The van der Waals surface area contributed by atoms with Crippen molar-refractivity contribution in [3.8, 4) is 0 Å². The fourth-order valence-corrected chi connectivity index (χ4v) is 4.04. The monoisotopic (exact) mass is 276 g/mol. The molecule has 0 aliphatic carbocycles. The lowest BCUT2D eigenvalue weighted by Gasteiger charge is -2.22. The van der Waals surface area contributed by atoms with Crippen molar-refractivity contribution in [3.05, 3.63) is 5.01 Å². The molecule has 2 rings (SSSR count). The van der Waals surface area contributed by atoms with Crippen LogP contribution in [-0.2, 0) is 16.4 Å². The summed E-state index contributed by atoms with van der Waals surface area (Å²) in [5.41, 5.74) is 0. The fraction of sp³-hybridized carbons (Fsp3) is 0.778. The van der Waals surface area contributed by atoms with E-state index in [0.29, 0.717) is 18.1 Å². The molecule has 8 heteroatoms. The van der Waals surface area contributed by atoms with Gasteiger partial charge in [0.1, 0.15) is 5.01 Å². The van der Waals surface area contributed by atoms with Crippen LogP contribution in [-0.4, -0.2) is 37.0 Å². The molecule has 0 spiro atoms. The molecule has 0 saturated carbocycles. The molecule has 0 bridgehead atoms. The molecular weight excluding hydrogens is 260 g/mol. The van der Waals surface area contributed by atoms with Gasteiger partial charge in [-0.25, -0.2) is 8.42 Å². The molecule has 17 heavy (non-hydrogen) atoms. The van der Waals surface area contributed by atoms with E-state index in [0.717, 1.165) is 24.4 Å². The second-order valence-electron chi connectivity index (χ2n) is 3.97. The van der Waals surface area contributed by atoms with Crippen molar-refractivity contribution < 1.29 is 8.42 Å². The standard InChI is InChI=1S/C9H16N4O2S2/c1-2-8-11-12-9(16-8)13-17(14,15)7-4-3-5-10-6-7/h7,10H,2-6H2,1H3,(H,12,13). The van der Waals surface area contributed by atoms with E-state index < -0.39 is 10.0 Å². The molecule has 0 aromatic carbocycles. The van der Waals surface area contributed by atoms with Crippen molar-refractivity contribution in [1.82, 2.24) is 15.5 Å². The Hall–Kier alpha value is -0.730. The Balaban J connectivity index is 2.05. The maximum atomic E-state index is 12.0. The summed E-state index contributed by atoms with van der Waals surface area (Å²) in [4.78, 5) is 0. The number of rotatable bonds is 4. The summed E-state index contributed by atoms with van der Waals surface area (Å²) in [5.74, 6) is 0. The van der Waals surface area contributed by atoms with E-state index in [2.05, 4.69) is 20.2 Å². The Labute approximate surface area is 105 Å². The van der Waals surface area contributed by atoms with Gasteiger partial charge in [0.15, 0.2) is 0 Å². The SMILES string of the molecule is CCc1nnc(NS(=O)(=O)C2CCCNC2)s1. The van der Waals surface area contributed by atoms with Crippen molar-refractivity contribution >= 4 is 26.5 Å². The lowest BCUT2D eigenvalue weighted by Crippen LogP contribution is -2.41. The Morgan fingerprint density at radius 1 is 1.53 bits per heavy atom. The molecule has 2 N–H and O–H groups in total. The quantitative estimate of drug-likeness (QED) is 0.841. The normalized spacial score (nSPS) is 21.4. The number of aromatic nitrogens is 2. The molecule has 1 unspecified atom stereocenters. The van der Waals surface area contributed by atoms with Crippen molar-refractivity contribution in [2.24, 2.45) is 0 Å². The van der Waals surface area contributed by atoms with Crippen LogP contribution >= 0.6 is 11.3 Å². The van der Waals surface area contributed by atoms with Crippen molar-refractivity contribution in [2.45, 2.75) is 31.4 Å². The summed E-state index contributed by atoms with van der Waals surface area (Å²) < 4.78 is 26.6. The molecule has 1 aromatic heterocycles. The molecule has 0 amide bonds.